The molecule has 0 saturated heterocycles. The maximum Gasteiger partial charge on any atom is 0.243 e. The Labute approximate surface area is 190 Å². The van der Waals surface area contributed by atoms with Gasteiger partial charge in [-0.15, -0.1) is 0 Å². The average molecular weight is 467 g/mol. The van der Waals surface area contributed by atoms with Crippen LogP contribution in [0.25, 0.3) is 11.0 Å². The standard InChI is InChI=1S/C23H22N4O3S2/c1-2-17-11-6-7-12-18(17)24-23(28)20(15-16-9-4-3-5-10-16)27-32(29,30)21-14-8-13-19-22(21)26-31-25-19/h3-14,20,27H,2,15H2,1H3,(H,24,28)/t20-/m1/s1. The number of carbonyl (C=O) groups excluding carboxylic acids is 1. The van der Waals surface area contributed by atoms with Gasteiger partial charge in [-0.3, -0.25) is 4.79 Å². The van der Waals surface area contributed by atoms with Crippen LogP contribution in [0.5, 0.6) is 0 Å². The number of aromatic nitrogens is 2. The van der Waals surface area contributed by atoms with E-state index >= 15 is 0 Å². The second-order valence-electron chi connectivity index (χ2n) is 7.25. The van der Waals surface area contributed by atoms with E-state index in [1.165, 1.54) is 6.07 Å². The quantitative estimate of drug-likeness (QED) is 0.412. The number of para-hydroxylation sites is 1. The van der Waals surface area contributed by atoms with Crippen LogP contribution in [0.4, 0.5) is 5.69 Å². The summed E-state index contributed by atoms with van der Waals surface area (Å²) in [5.41, 5.74) is 3.27. The number of amides is 1. The largest absolute Gasteiger partial charge is 0.324 e. The van der Waals surface area contributed by atoms with Gasteiger partial charge in [-0.2, -0.15) is 13.5 Å². The average Bonchev–Trinajstić information content (AvgIpc) is 3.28. The lowest BCUT2D eigenvalue weighted by Crippen LogP contribution is -2.45. The number of carbonyl (C=O) groups is 1. The maximum absolute atomic E-state index is 13.3. The molecule has 1 amide bonds. The van der Waals surface area contributed by atoms with E-state index < -0.39 is 22.0 Å². The molecule has 3 aromatic carbocycles. The van der Waals surface area contributed by atoms with Crippen LogP contribution in [-0.2, 0) is 27.7 Å². The van der Waals surface area contributed by atoms with Crippen LogP contribution in [0.1, 0.15) is 18.1 Å². The fourth-order valence-corrected chi connectivity index (χ4v) is 5.42. The first-order valence-electron chi connectivity index (χ1n) is 10.1. The lowest BCUT2D eigenvalue weighted by Gasteiger charge is -2.20. The fourth-order valence-electron chi connectivity index (χ4n) is 3.46. The number of hydrogen-bond donors (Lipinski definition) is 2. The van der Waals surface area contributed by atoms with E-state index in [0.717, 1.165) is 29.3 Å². The third-order valence-corrected chi connectivity index (χ3v) is 7.14. The molecule has 32 heavy (non-hydrogen) atoms. The SMILES string of the molecule is CCc1ccccc1NC(=O)[C@@H](Cc1ccccc1)NS(=O)(=O)c1cccc2nsnc12. The number of hydrogen-bond acceptors (Lipinski definition) is 6. The summed E-state index contributed by atoms with van der Waals surface area (Å²) in [7, 11) is -4.04. The van der Waals surface area contributed by atoms with Gasteiger partial charge in [0.2, 0.25) is 15.9 Å². The molecular formula is C23H22N4O3S2. The van der Waals surface area contributed by atoms with Gasteiger partial charge in [0.25, 0.3) is 0 Å². The molecule has 0 saturated carbocycles. The van der Waals surface area contributed by atoms with Crippen LogP contribution in [0, 0.1) is 0 Å². The highest BCUT2D eigenvalue weighted by molar-refractivity contribution is 7.89. The van der Waals surface area contributed by atoms with Crippen molar-refractivity contribution in [2.24, 2.45) is 0 Å². The predicted molar refractivity (Wildman–Crippen MR) is 126 cm³/mol. The highest BCUT2D eigenvalue weighted by Crippen LogP contribution is 2.22. The summed E-state index contributed by atoms with van der Waals surface area (Å²) in [4.78, 5) is 13.2. The highest BCUT2D eigenvalue weighted by Gasteiger charge is 2.28. The van der Waals surface area contributed by atoms with Crippen LogP contribution < -0.4 is 10.0 Å². The summed E-state index contributed by atoms with van der Waals surface area (Å²) < 4.78 is 37.4. The molecule has 7 nitrogen and oxygen atoms in total. The Morgan fingerprint density at radius 3 is 2.50 bits per heavy atom. The summed E-state index contributed by atoms with van der Waals surface area (Å²) in [5.74, 6) is -0.429. The van der Waals surface area contributed by atoms with Gasteiger partial charge in [-0.05, 0) is 42.2 Å². The summed E-state index contributed by atoms with van der Waals surface area (Å²) in [5, 5.41) is 2.90. The van der Waals surface area contributed by atoms with Gasteiger partial charge >= 0.3 is 0 Å². The van der Waals surface area contributed by atoms with Gasteiger partial charge in [-0.1, -0.05) is 61.5 Å². The first-order chi connectivity index (χ1) is 15.5. The fraction of sp³-hybridized carbons (Fsp3) is 0.174. The van der Waals surface area contributed by atoms with Crippen molar-refractivity contribution < 1.29 is 13.2 Å². The van der Waals surface area contributed by atoms with Crippen molar-refractivity contribution in [3.63, 3.8) is 0 Å². The number of nitrogens with one attached hydrogen (secondary N) is 2. The molecule has 1 heterocycles. The molecule has 1 atom stereocenters. The van der Waals surface area contributed by atoms with Gasteiger partial charge < -0.3 is 5.32 Å². The Balaban J connectivity index is 1.66. The summed E-state index contributed by atoms with van der Waals surface area (Å²) in [6, 6.07) is 20.5. The Kier molecular flexibility index (Phi) is 6.59. The lowest BCUT2D eigenvalue weighted by molar-refractivity contribution is -0.117. The molecule has 1 aromatic heterocycles. The van der Waals surface area contributed by atoms with E-state index in [9.17, 15) is 13.2 Å². The molecule has 2 N–H and O–H groups in total. The van der Waals surface area contributed by atoms with E-state index in [1.54, 1.807) is 12.1 Å². The zero-order chi connectivity index (χ0) is 22.6. The van der Waals surface area contributed by atoms with E-state index in [1.807, 2.05) is 61.5 Å². The second kappa shape index (κ2) is 9.56. The minimum atomic E-state index is -4.04. The Morgan fingerprint density at radius 1 is 0.969 bits per heavy atom. The van der Waals surface area contributed by atoms with Gasteiger partial charge in [0.1, 0.15) is 22.0 Å². The molecule has 0 aliphatic rings. The van der Waals surface area contributed by atoms with Gasteiger partial charge in [0, 0.05) is 5.69 Å². The third kappa shape index (κ3) is 4.85. The molecule has 0 aliphatic heterocycles. The number of fused-ring (bicyclic) bond motifs is 1. The second-order valence-corrected chi connectivity index (χ2v) is 9.46. The summed E-state index contributed by atoms with van der Waals surface area (Å²) in [6.45, 7) is 2.00. The van der Waals surface area contributed by atoms with Crippen molar-refractivity contribution in [3.8, 4) is 0 Å². The smallest absolute Gasteiger partial charge is 0.243 e. The molecule has 164 valence electrons. The molecule has 0 bridgehead atoms. The number of benzene rings is 3. The van der Waals surface area contributed by atoms with Crippen molar-refractivity contribution in [2.75, 3.05) is 5.32 Å². The highest BCUT2D eigenvalue weighted by atomic mass is 32.2. The first-order valence-corrected chi connectivity index (χ1v) is 12.4. The Hall–Kier alpha value is -3.14. The topological polar surface area (TPSA) is 101 Å². The van der Waals surface area contributed by atoms with Gasteiger partial charge in [-0.25, -0.2) is 8.42 Å². The van der Waals surface area contributed by atoms with E-state index in [4.69, 9.17) is 0 Å². The Morgan fingerprint density at radius 2 is 1.72 bits per heavy atom. The molecule has 0 fully saturated rings. The van der Waals surface area contributed by atoms with Gasteiger partial charge in [0.05, 0.1) is 11.7 Å². The monoisotopic (exact) mass is 466 g/mol. The number of sulfonamides is 1. The minimum absolute atomic E-state index is 0.00331. The van der Waals surface area contributed by atoms with Crippen LogP contribution in [0.15, 0.2) is 77.7 Å². The zero-order valence-corrected chi connectivity index (χ0v) is 19.0. The molecule has 9 heteroatoms. The molecule has 0 aliphatic carbocycles. The lowest BCUT2D eigenvalue weighted by atomic mass is 10.1. The van der Waals surface area contributed by atoms with Crippen LogP contribution in [0.3, 0.4) is 0 Å². The van der Waals surface area contributed by atoms with Crippen LogP contribution in [-0.4, -0.2) is 29.1 Å². The number of anilines is 1. The molecule has 0 unspecified atom stereocenters. The molecule has 4 rings (SSSR count). The molecular weight excluding hydrogens is 444 g/mol. The van der Waals surface area contributed by atoms with Crippen LogP contribution >= 0.6 is 11.7 Å². The van der Waals surface area contributed by atoms with Crippen molar-refractivity contribution in [1.29, 1.82) is 0 Å². The molecule has 0 spiro atoms. The number of rotatable bonds is 8. The third-order valence-electron chi connectivity index (χ3n) is 5.09. The van der Waals surface area contributed by atoms with Crippen LogP contribution in [0.2, 0.25) is 0 Å². The minimum Gasteiger partial charge on any atom is -0.324 e. The normalized spacial score (nSPS) is 12.5. The number of aryl methyl sites for hydroxylation is 1. The molecule has 0 radical (unpaired) electrons. The van der Waals surface area contributed by atoms with E-state index in [2.05, 4.69) is 18.8 Å². The van der Waals surface area contributed by atoms with Crippen molar-refractivity contribution >= 4 is 44.4 Å². The van der Waals surface area contributed by atoms with E-state index in [-0.39, 0.29) is 11.3 Å². The zero-order valence-electron chi connectivity index (χ0n) is 17.4. The number of nitrogens with zero attached hydrogens (tertiary/aromatic N) is 2. The van der Waals surface area contributed by atoms with Crippen molar-refractivity contribution in [3.05, 3.63) is 83.9 Å². The summed E-state index contributed by atoms with van der Waals surface area (Å²) in [6.07, 6.45) is 0.940. The van der Waals surface area contributed by atoms with E-state index in [0.29, 0.717) is 16.7 Å². The predicted octanol–water partition coefficient (Wildman–Crippen LogP) is 3.78. The van der Waals surface area contributed by atoms with Crippen molar-refractivity contribution in [1.82, 2.24) is 13.5 Å². The van der Waals surface area contributed by atoms with Crippen molar-refractivity contribution in [2.45, 2.75) is 30.7 Å². The molecule has 4 aromatic rings. The summed E-state index contributed by atoms with van der Waals surface area (Å²) >= 11 is 0.945. The van der Waals surface area contributed by atoms with Gasteiger partial charge in [0.15, 0.2) is 0 Å². The maximum atomic E-state index is 13.3. The first kappa shape index (κ1) is 22.1. The Bertz CT molecular complexity index is 1340.